The lowest BCUT2D eigenvalue weighted by atomic mass is 9.96. The van der Waals surface area contributed by atoms with Crippen molar-refractivity contribution in [3.05, 3.63) is 220 Å². The molecule has 758 valence electrons. The van der Waals surface area contributed by atoms with Gasteiger partial charge in [0.25, 0.3) is 0 Å². The lowest BCUT2D eigenvalue weighted by Crippen LogP contribution is -2.57. The number of carboxylic acids is 2. The maximum atomic E-state index is 14.7. The van der Waals surface area contributed by atoms with E-state index in [0.717, 1.165) is 59.6 Å². The molecule has 7 aromatic carbocycles. The zero-order valence-electron chi connectivity index (χ0n) is 79.8. The van der Waals surface area contributed by atoms with Crippen molar-refractivity contribution in [2.45, 2.75) is 96.3 Å². The third-order valence-corrected chi connectivity index (χ3v) is 24.9. The summed E-state index contributed by atoms with van der Waals surface area (Å²) in [5.41, 5.74) is 16.7. The molecular formula is C102H122ClF4N11O22S. The van der Waals surface area contributed by atoms with Gasteiger partial charge in [0.15, 0.2) is 5.82 Å². The van der Waals surface area contributed by atoms with Gasteiger partial charge < -0.3 is 113 Å². The van der Waals surface area contributed by atoms with Crippen molar-refractivity contribution >= 4 is 74.7 Å². The van der Waals surface area contributed by atoms with E-state index >= 15 is 0 Å². The Kier molecular flexibility index (Phi) is 43.8. The average molecular weight is 2000 g/mol. The average Bonchev–Trinajstić information content (AvgIpc) is 1.62. The molecular weight excluding hydrogens is 1870 g/mol. The number of alkyl carbamates (subject to hydrolysis) is 1. The Labute approximate surface area is 825 Å². The number of halogens is 5. The van der Waals surface area contributed by atoms with Crippen LogP contribution in [0.2, 0.25) is 5.02 Å². The summed E-state index contributed by atoms with van der Waals surface area (Å²) in [5.74, 6) is -4.40. The number of carbonyl (C=O) groups is 6. The second-order valence-electron chi connectivity index (χ2n) is 33.7. The van der Waals surface area contributed by atoms with Gasteiger partial charge in [-0.2, -0.15) is 13.2 Å². The number of aryl methyl sites for hydroxylation is 1. The summed E-state index contributed by atoms with van der Waals surface area (Å²) in [5, 5.41) is 31.9. The molecule has 3 atom stereocenters. The molecule has 0 spiro atoms. The van der Waals surface area contributed by atoms with E-state index in [4.69, 9.17) is 98.5 Å². The first kappa shape index (κ1) is 109. The number of amides is 5. The number of hydrogen-bond acceptors (Lipinski definition) is 27. The molecule has 4 heterocycles. The summed E-state index contributed by atoms with van der Waals surface area (Å²) in [6, 6.07) is 45.2. The van der Waals surface area contributed by atoms with Gasteiger partial charge in [-0.1, -0.05) is 129 Å². The van der Waals surface area contributed by atoms with Gasteiger partial charge in [-0.3, -0.25) is 14.5 Å². The number of quaternary nitrogens is 1. The number of benzene rings is 7. The van der Waals surface area contributed by atoms with Gasteiger partial charge in [-0.25, -0.2) is 38.7 Å². The van der Waals surface area contributed by atoms with E-state index in [1.165, 1.54) is 29.8 Å². The van der Waals surface area contributed by atoms with Crippen molar-refractivity contribution in [1.29, 1.82) is 0 Å². The Morgan fingerprint density at radius 2 is 1.22 bits per heavy atom. The highest BCUT2D eigenvalue weighted by atomic mass is 35.5. The van der Waals surface area contributed by atoms with Crippen LogP contribution in [-0.2, 0) is 92.5 Å². The van der Waals surface area contributed by atoms with Gasteiger partial charge in [0.05, 0.1) is 155 Å². The van der Waals surface area contributed by atoms with E-state index < -0.39 is 72.0 Å². The minimum absolute atomic E-state index is 0.0183. The van der Waals surface area contributed by atoms with Crippen LogP contribution < -0.4 is 51.1 Å². The zero-order chi connectivity index (χ0) is 100. The Balaban J connectivity index is 0.00000261. The molecule has 1 aliphatic heterocycles. The Morgan fingerprint density at radius 1 is 0.638 bits per heavy atom. The number of ether oxygens (including phenoxy) is 14. The smallest absolute Gasteiger partial charge is 0.430 e. The van der Waals surface area contributed by atoms with Gasteiger partial charge in [-0.05, 0) is 143 Å². The normalized spacial score (nSPS) is 13.5. The lowest BCUT2D eigenvalue weighted by molar-refractivity contribution is -0.926. The third kappa shape index (κ3) is 33.8. The monoisotopic (exact) mass is 2000 g/mol. The molecule has 12 rings (SSSR count). The number of rotatable bonds is 58. The zero-order valence-corrected chi connectivity index (χ0v) is 81.3. The molecule has 3 aromatic heterocycles. The molecule has 0 bridgehead atoms. The number of para-hydroxylation sites is 2. The number of likely N-dealkylation sites (N-methyl/N-ethyl adjacent to an activating group) is 1. The van der Waals surface area contributed by atoms with Crippen LogP contribution in [0.3, 0.4) is 0 Å². The summed E-state index contributed by atoms with van der Waals surface area (Å²) in [6.07, 6.45) is -2.92. The number of aromatic nitrogens is 4. The number of nitrogens with two attached hydrogens (primary N) is 1. The summed E-state index contributed by atoms with van der Waals surface area (Å²) >= 11 is 8.69. The number of primary amides is 1. The predicted octanol–water partition coefficient (Wildman–Crippen LogP) is 13.0. The number of anilines is 1. The van der Waals surface area contributed by atoms with Crippen molar-refractivity contribution in [2.24, 2.45) is 11.7 Å². The van der Waals surface area contributed by atoms with Gasteiger partial charge in [0, 0.05) is 80.1 Å². The van der Waals surface area contributed by atoms with Crippen LogP contribution in [0.25, 0.3) is 54.3 Å². The first-order chi connectivity index (χ1) is 68.2. The van der Waals surface area contributed by atoms with E-state index in [1.54, 1.807) is 76.7 Å². The SMILES string of the molecule is COCCOCCOCCOCCOCCOCCOCCOCCOCCCc1cc(NC(=O)[C@H](CCCNC(N)=O)NC(=O)[C@@H](NC(=O)OCC2c3ccccc3-c3ccccc32)C(C)C)ccc1C[N+]1(C)CCN(CCOc2ccc(-c3c(-c4ccc(F)cc4)sc4ncnc(O[C@H](Cc5ccccc5OCc5ccnc(-c6ccccc6OC)n5)C(=O)O)c34)c(C)c2Cl)CC1.O=C([O-])C(F)(F)F. The van der Waals surface area contributed by atoms with E-state index in [0.29, 0.717) is 237 Å². The highest BCUT2D eigenvalue weighted by Gasteiger charge is 2.36. The highest BCUT2D eigenvalue weighted by molar-refractivity contribution is 7.22. The lowest BCUT2D eigenvalue weighted by Gasteiger charge is -2.42. The number of piperazine rings is 1. The Hall–Kier alpha value is -12.2. The van der Waals surface area contributed by atoms with Crippen LogP contribution in [0.5, 0.6) is 23.1 Å². The molecule has 0 radical (unpaired) electrons. The van der Waals surface area contributed by atoms with Crippen LogP contribution in [0.15, 0.2) is 170 Å². The van der Waals surface area contributed by atoms with Gasteiger partial charge in [-0.15, -0.1) is 11.3 Å². The molecule has 1 fully saturated rings. The van der Waals surface area contributed by atoms with Crippen LogP contribution in [0.4, 0.5) is 32.8 Å². The Morgan fingerprint density at radius 3 is 1.81 bits per heavy atom. The second kappa shape index (κ2) is 56.5. The summed E-state index contributed by atoms with van der Waals surface area (Å²) in [6.45, 7) is 18.0. The number of thiophene rings is 1. The minimum atomic E-state index is -5.19. The van der Waals surface area contributed by atoms with Crippen LogP contribution in [-0.4, -0.2) is 281 Å². The largest absolute Gasteiger partial charge is 0.542 e. The molecule has 2 aliphatic rings. The van der Waals surface area contributed by atoms with Crippen molar-refractivity contribution in [3.8, 4) is 67.2 Å². The molecule has 39 heteroatoms. The molecule has 0 unspecified atom stereocenters. The fourth-order valence-corrected chi connectivity index (χ4v) is 17.3. The maximum absolute atomic E-state index is 14.7. The van der Waals surface area contributed by atoms with Crippen molar-refractivity contribution in [1.82, 2.24) is 40.8 Å². The number of nitrogens with zero attached hydrogens (tertiary/aromatic N) is 6. The first-order valence-electron chi connectivity index (χ1n) is 46.5. The number of carbonyl (C=O) groups excluding carboxylic acids is 5. The number of aliphatic carboxylic acids is 2. The summed E-state index contributed by atoms with van der Waals surface area (Å²) in [7, 11) is 5.46. The van der Waals surface area contributed by atoms with Crippen molar-refractivity contribution in [3.63, 3.8) is 0 Å². The quantitative estimate of drug-likeness (QED) is 0.0117. The topological polar surface area (TPSA) is 404 Å². The van der Waals surface area contributed by atoms with E-state index in [1.807, 2.05) is 97.9 Å². The molecule has 0 saturated carbocycles. The fraction of sp³-hybridized carbons (Fsp3) is 0.431. The molecule has 33 nitrogen and oxygen atoms in total. The summed E-state index contributed by atoms with van der Waals surface area (Å²) < 4.78 is 128. The second-order valence-corrected chi connectivity index (χ2v) is 35.1. The van der Waals surface area contributed by atoms with Gasteiger partial charge >= 0.3 is 24.3 Å². The number of alkyl halides is 3. The molecule has 1 aliphatic carbocycles. The number of hydrogen-bond donors (Lipinski definition) is 6. The minimum Gasteiger partial charge on any atom is -0.542 e. The third-order valence-electron chi connectivity index (χ3n) is 23.3. The van der Waals surface area contributed by atoms with E-state index in [2.05, 4.69) is 60.3 Å². The van der Waals surface area contributed by atoms with Crippen LogP contribution in [0, 0.1) is 18.7 Å². The predicted molar refractivity (Wildman–Crippen MR) is 519 cm³/mol. The highest BCUT2D eigenvalue weighted by Crippen LogP contribution is 2.50. The summed E-state index contributed by atoms with van der Waals surface area (Å²) in [4.78, 5) is 98.8. The number of nitrogens with one attached hydrogen (secondary N) is 4. The molecule has 141 heavy (non-hydrogen) atoms. The van der Waals surface area contributed by atoms with E-state index in [9.17, 15) is 46.6 Å². The molecule has 7 N–H and O–H groups in total. The van der Waals surface area contributed by atoms with Crippen molar-refractivity contribution < 1.29 is 127 Å². The van der Waals surface area contributed by atoms with E-state index in [-0.39, 0.29) is 50.8 Å². The Bertz CT molecular complexity index is 5640. The van der Waals surface area contributed by atoms with Crippen LogP contribution >= 0.6 is 22.9 Å². The number of methoxy groups -OCH3 is 2. The maximum Gasteiger partial charge on any atom is 0.430 e. The molecule has 5 amide bonds. The standard InChI is InChI=1S/C100H121ClFN11O20S.C2HF3O2/c1-67(2)91(111-100(119)132-65-82-79-21-10-8-19-77(79)78-20-9-11-22-80(78)82)95(115)110-83(24-15-36-105-99(103)118)94(114)109-74-32-29-72(70(61-74)18-16-43-122-47-48-124-51-52-126-55-56-128-59-60-129-58-57-127-54-53-125-50-49-123-46-45-120-5)63-113(4)41-38-112(39-42-113)40-44-130-86-34-33-76(68(3)90(86)101)88-89-96(106-66-107-97(89)134-92(88)69-27-30-73(102)31-28-69)133-87(98(116)117)62-71-17-7-13-25-84(71)131-64-75-35-37-104-93(108-75)81-23-12-14-26-85(81)121-6;3-2(4,5)1(6)7/h7-14,17,19-23,25-35,37,61,66-67,82-83,87,91H,15-16,18,24,36,38-60,62-65H2,1-6H3,(H6-,103,105,109,110,111,114,115,116,117,118,119);(H,6,7)/t83-,87+,91-;/m0./s1. The first-order valence-corrected chi connectivity index (χ1v) is 47.7. The molecule has 10 aromatic rings. The van der Waals surface area contributed by atoms with Crippen LogP contribution in [0.1, 0.15) is 78.1 Å². The number of urea groups is 1. The van der Waals surface area contributed by atoms with Crippen molar-refractivity contribution in [2.75, 3.05) is 191 Å². The fourth-order valence-electron chi connectivity index (χ4n) is 15.9. The van der Waals surface area contributed by atoms with Gasteiger partial charge in [0.2, 0.25) is 23.8 Å². The number of carboxylic acid groups (broad SMARTS) is 2. The number of fused-ring (bicyclic) bond motifs is 4. The molecule has 1 saturated heterocycles. The van der Waals surface area contributed by atoms with Gasteiger partial charge in [0.1, 0.15) is 78.6 Å².